The summed E-state index contributed by atoms with van der Waals surface area (Å²) in [7, 11) is -3.72. The highest BCUT2D eigenvalue weighted by Gasteiger charge is 2.33. The Morgan fingerprint density at radius 3 is 2.57 bits per heavy atom. The summed E-state index contributed by atoms with van der Waals surface area (Å²) in [6.45, 7) is 4.31. The highest BCUT2D eigenvalue weighted by atomic mass is 32.2. The van der Waals surface area contributed by atoms with Crippen LogP contribution in [0.5, 0.6) is 0 Å². The summed E-state index contributed by atoms with van der Waals surface area (Å²) >= 11 is 0. The van der Waals surface area contributed by atoms with Crippen LogP contribution in [0.2, 0.25) is 0 Å². The van der Waals surface area contributed by atoms with E-state index in [2.05, 4.69) is 10.6 Å². The first kappa shape index (κ1) is 22.2. The number of sulfonamides is 1. The van der Waals surface area contributed by atoms with E-state index in [-0.39, 0.29) is 17.0 Å². The van der Waals surface area contributed by atoms with Gasteiger partial charge in [-0.2, -0.15) is 4.31 Å². The summed E-state index contributed by atoms with van der Waals surface area (Å²) in [4.78, 5) is 12.2. The zero-order chi connectivity index (χ0) is 21.7. The Labute approximate surface area is 177 Å². The number of anilines is 1. The second kappa shape index (κ2) is 9.57. The van der Waals surface area contributed by atoms with E-state index < -0.39 is 15.8 Å². The fourth-order valence-corrected chi connectivity index (χ4v) is 5.47. The van der Waals surface area contributed by atoms with Crippen LogP contribution in [0.15, 0.2) is 47.4 Å². The number of nitrogens with one attached hydrogen (secondary N) is 2. The Morgan fingerprint density at radius 1 is 1.13 bits per heavy atom. The molecular formula is C22H28FN3O3S. The Balaban J connectivity index is 1.60. The number of piperidine rings is 1. The van der Waals surface area contributed by atoms with Gasteiger partial charge in [-0.25, -0.2) is 17.6 Å². The predicted octanol–water partition coefficient (Wildman–Crippen LogP) is 4.20. The molecule has 0 unspecified atom stereocenters. The molecule has 0 spiro atoms. The maximum absolute atomic E-state index is 13.6. The van der Waals surface area contributed by atoms with E-state index in [0.29, 0.717) is 30.8 Å². The van der Waals surface area contributed by atoms with Crippen molar-refractivity contribution >= 4 is 21.7 Å². The lowest BCUT2D eigenvalue weighted by molar-refractivity contribution is 0.234. The zero-order valence-electron chi connectivity index (χ0n) is 17.3. The fourth-order valence-electron chi connectivity index (χ4n) is 3.66. The van der Waals surface area contributed by atoms with Gasteiger partial charge in [-0.15, -0.1) is 0 Å². The molecule has 6 nitrogen and oxygen atoms in total. The minimum absolute atomic E-state index is 0.110. The van der Waals surface area contributed by atoms with Gasteiger partial charge in [0.15, 0.2) is 0 Å². The summed E-state index contributed by atoms with van der Waals surface area (Å²) in [5.74, 6) is -0.423. The zero-order valence-corrected chi connectivity index (χ0v) is 18.1. The van der Waals surface area contributed by atoms with Gasteiger partial charge in [0.25, 0.3) is 0 Å². The van der Waals surface area contributed by atoms with Gasteiger partial charge in [0.1, 0.15) is 5.82 Å². The van der Waals surface area contributed by atoms with E-state index in [1.165, 1.54) is 22.5 Å². The minimum Gasteiger partial charge on any atom is -0.338 e. The van der Waals surface area contributed by atoms with Crippen molar-refractivity contribution in [2.24, 2.45) is 0 Å². The molecule has 2 N–H and O–H groups in total. The third kappa shape index (κ3) is 5.37. The lowest BCUT2D eigenvalue weighted by Gasteiger charge is -2.34. The van der Waals surface area contributed by atoms with Crippen LogP contribution in [0.3, 0.4) is 0 Å². The quantitative estimate of drug-likeness (QED) is 0.717. The van der Waals surface area contributed by atoms with Crippen LogP contribution in [-0.4, -0.2) is 37.9 Å². The third-order valence-electron chi connectivity index (χ3n) is 5.38. The SMILES string of the molecule is Cc1ccc(NC(=O)NCC[C@H]2CCCCN2S(=O)(=O)c2ccc(F)c(C)c2)cc1. The molecule has 1 atom stereocenters. The molecule has 2 aromatic rings. The van der Waals surface area contributed by atoms with Gasteiger partial charge in [0.2, 0.25) is 10.0 Å². The summed E-state index contributed by atoms with van der Waals surface area (Å²) < 4.78 is 41.3. The molecule has 1 aliphatic rings. The summed E-state index contributed by atoms with van der Waals surface area (Å²) in [6, 6.07) is 10.9. The summed E-state index contributed by atoms with van der Waals surface area (Å²) in [5.41, 5.74) is 2.11. The fraction of sp³-hybridized carbons (Fsp3) is 0.409. The first-order valence-electron chi connectivity index (χ1n) is 10.2. The van der Waals surface area contributed by atoms with E-state index in [1.807, 2.05) is 31.2 Å². The number of amides is 2. The lowest BCUT2D eigenvalue weighted by atomic mass is 10.0. The Kier molecular flexibility index (Phi) is 7.10. The van der Waals surface area contributed by atoms with Crippen LogP contribution >= 0.6 is 0 Å². The second-order valence-electron chi connectivity index (χ2n) is 7.71. The molecule has 0 aromatic heterocycles. The molecule has 0 aliphatic carbocycles. The molecule has 1 saturated heterocycles. The van der Waals surface area contributed by atoms with E-state index in [4.69, 9.17) is 0 Å². The number of hydrogen-bond donors (Lipinski definition) is 2. The molecule has 0 radical (unpaired) electrons. The molecule has 0 bridgehead atoms. The lowest BCUT2D eigenvalue weighted by Crippen LogP contribution is -2.45. The van der Waals surface area contributed by atoms with Crippen LogP contribution in [0.1, 0.15) is 36.8 Å². The molecule has 2 amide bonds. The van der Waals surface area contributed by atoms with Crippen LogP contribution in [0.25, 0.3) is 0 Å². The number of nitrogens with zero attached hydrogens (tertiary/aromatic N) is 1. The Morgan fingerprint density at radius 2 is 1.87 bits per heavy atom. The molecule has 1 fully saturated rings. The number of carbonyl (C=O) groups is 1. The molecule has 2 aromatic carbocycles. The van der Waals surface area contributed by atoms with E-state index in [0.717, 1.165) is 24.8 Å². The molecule has 162 valence electrons. The van der Waals surface area contributed by atoms with Crippen molar-refractivity contribution in [1.29, 1.82) is 0 Å². The van der Waals surface area contributed by atoms with Gasteiger partial charge in [0, 0.05) is 24.8 Å². The van der Waals surface area contributed by atoms with Gasteiger partial charge >= 0.3 is 6.03 Å². The van der Waals surface area contributed by atoms with Crippen LogP contribution in [0, 0.1) is 19.7 Å². The van der Waals surface area contributed by atoms with Crippen molar-refractivity contribution in [3.8, 4) is 0 Å². The molecule has 3 rings (SSSR count). The predicted molar refractivity (Wildman–Crippen MR) is 115 cm³/mol. The average Bonchev–Trinajstić information content (AvgIpc) is 2.72. The number of rotatable bonds is 6. The Bertz CT molecular complexity index is 993. The van der Waals surface area contributed by atoms with Crippen molar-refractivity contribution in [1.82, 2.24) is 9.62 Å². The highest BCUT2D eigenvalue weighted by molar-refractivity contribution is 7.89. The molecule has 0 saturated carbocycles. The van der Waals surface area contributed by atoms with Gasteiger partial charge < -0.3 is 10.6 Å². The monoisotopic (exact) mass is 433 g/mol. The van der Waals surface area contributed by atoms with Crippen molar-refractivity contribution < 1.29 is 17.6 Å². The number of benzene rings is 2. The summed E-state index contributed by atoms with van der Waals surface area (Å²) in [5, 5.41) is 5.57. The highest BCUT2D eigenvalue weighted by Crippen LogP contribution is 2.27. The molecular weight excluding hydrogens is 405 g/mol. The molecule has 30 heavy (non-hydrogen) atoms. The average molecular weight is 434 g/mol. The van der Waals surface area contributed by atoms with Gasteiger partial charge in [-0.3, -0.25) is 0 Å². The van der Waals surface area contributed by atoms with Crippen molar-refractivity contribution in [3.05, 3.63) is 59.4 Å². The normalized spacial score (nSPS) is 17.5. The second-order valence-corrected chi connectivity index (χ2v) is 9.60. The van der Waals surface area contributed by atoms with Crippen LogP contribution < -0.4 is 10.6 Å². The smallest absolute Gasteiger partial charge is 0.319 e. The van der Waals surface area contributed by atoms with Crippen LogP contribution in [-0.2, 0) is 10.0 Å². The van der Waals surface area contributed by atoms with Gasteiger partial charge in [-0.05, 0) is 69.0 Å². The van der Waals surface area contributed by atoms with Crippen LogP contribution in [0.4, 0.5) is 14.9 Å². The van der Waals surface area contributed by atoms with Gasteiger partial charge in [0.05, 0.1) is 4.90 Å². The first-order chi connectivity index (χ1) is 14.3. The van der Waals surface area contributed by atoms with Crippen molar-refractivity contribution in [3.63, 3.8) is 0 Å². The number of hydrogen-bond acceptors (Lipinski definition) is 3. The molecule has 8 heteroatoms. The minimum atomic E-state index is -3.72. The van der Waals surface area contributed by atoms with E-state index >= 15 is 0 Å². The molecule has 1 heterocycles. The molecule has 1 aliphatic heterocycles. The van der Waals surface area contributed by atoms with Crippen molar-refractivity contribution in [2.75, 3.05) is 18.4 Å². The largest absolute Gasteiger partial charge is 0.338 e. The van der Waals surface area contributed by atoms with E-state index in [9.17, 15) is 17.6 Å². The topological polar surface area (TPSA) is 78.5 Å². The maximum atomic E-state index is 13.6. The maximum Gasteiger partial charge on any atom is 0.319 e. The standard InChI is InChI=1S/C22H28FN3O3S/c1-16-6-8-18(9-7-16)25-22(27)24-13-12-19-5-3-4-14-26(19)30(28,29)20-10-11-21(23)17(2)15-20/h6-11,15,19H,3-5,12-14H2,1-2H3,(H2,24,25,27)/t19-/m1/s1. The third-order valence-corrected chi connectivity index (χ3v) is 7.33. The van der Waals surface area contributed by atoms with Crippen molar-refractivity contribution in [2.45, 2.75) is 50.5 Å². The number of urea groups is 1. The summed E-state index contributed by atoms with van der Waals surface area (Å²) in [6.07, 6.45) is 2.98. The number of aryl methyl sites for hydroxylation is 2. The number of carbonyl (C=O) groups excluding carboxylic acids is 1. The Hall–Kier alpha value is -2.45. The number of halogens is 1. The van der Waals surface area contributed by atoms with Gasteiger partial charge in [-0.1, -0.05) is 24.1 Å². The first-order valence-corrected chi connectivity index (χ1v) is 11.6. The van der Waals surface area contributed by atoms with E-state index in [1.54, 1.807) is 6.92 Å².